The normalized spacial score (nSPS) is 17.6. The number of anilines is 1. The average Bonchev–Trinajstić information content (AvgIpc) is 3.36. The molecule has 0 radical (unpaired) electrons. The van der Waals surface area contributed by atoms with Crippen molar-refractivity contribution in [2.24, 2.45) is 0 Å². The molecule has 1 atom stereocenters. The number of carbonyl (C=O) groups is 2. The second kappa shape index (κ2) is 8.18. The van der Waals surface area contributed by atoms with Crippen LogP contribution in [0.3, 0.4) is 0 Å². The maximum absolute atomic E-state index is 13.3. The van der Waals surface area contributed by atoms with Crippen molar-refractivity contribution in [1.82, 2.24) is 4.98 Å². The van der Waals surface area contributed by atoms with Crippen molar-refractivity contribution in [2.75, 3.05) is 12.0 Å². The third-order valence-electron chi connectivity index (χ3n) is 5.66. The van der Waals surface area contributed by atoms with Gasteiger partial charge in [-0.05, 0) is 30.7 Å². The summed E-state index contributed by atoms with van der Waals surface area (Å²) in [7, 11) is 1.53. The fraction of sp³-hybridized carbons (Fsp3) is 0.115. The Kier molecular flexibility index (Phi) is 5.18. The van der Waals surface area contributed by atoms with Gasteiger partial charge in [-0.25, -0.2) is 4.98 Å². The molecule has 1 aliphatic heterocycles. The van der Waals surface area contributed by atoms with Crippen molar-refractivity contribution >= 4 is 44.1 Å². The molecule has 7 heteroatoms. The summed E-state index contributed by atoms with van der Waals surface area (Å²) >= 11 is 1.33. The number of Topliss-reactive ketones (excluding diaryl/α,β-unsaturated/α-hetero) is 1. The van der Waals surface area contributed by atoms with Gasteiger partial charge in [0.1, 0.15) is 17.6 Å². The summed E-state index contributed by atoms with van der Waals surface area (Å²) < 4.78 is 6.46. The highest BCUT2D eigenvalue weighted by atomic mass is 32.1. The highest BCUT2D eigenvalue weighted by Crippen LogP contribution is 2.46. The fourth-order valence-corrected chi connectivity index (χ4v) is 5.18. The average molecular weight is 457 g/mol. The molecule has 1 unspecified atom stereocenters. The maximum Gasteiger partial charge on any atom is 0.301 e. The van der Waals surface area contributed by atoms with E-state index in [0.29, 0.717) is 22.0 Å². The molecule has 0 bridgehead atoms. The Hall–Kier alpha value is -3.97. The number of rotatable bonds is 4. The van der Waals surface area contributed by atoms with Crippen molar-refractivity contribution in [2.45, 2.75) is 13.0 Å². The third kappa shape index (κ3) is 3.47. The van der Waals surface area contributed by atoms with Crippen LogP contribution >= 0.6 is 11.3 Å². The Bertz CT molecular complexity index is 1420. The van der Waals surface area contributed by atoms with Crippen LogP contribution in [0.5, 0.6) is 5.75 Å². The van der Waals surface area contributed by atoms with E-state index in [1.54, 1.807) is 36.4 Å². The summed E-state index contributed by atoms with van der Waals surface area (Å²) in [6, 6.07) is 20.9. The molecule has 2 heterocycles. The lowest BCUT2D eigenvalue weighted by atomic mass is 9.95. The number of ketones is 1. The van der Waals surface area contributed by atoms with Gasteiger partial charge < -0.3 is 9.84 Å². The highest BCUT2D eigenvalue weighted by Gasteiger charge is 2.49. The van der Waals surface area contributed by atoms with Gasteiger partial charge in [0.05, 0.1) is 22.9 Å². The molecule has 3 aromatic carbocycles. The van der Waals surface area contributed by atoms with E-state index >= 15 is 0 Å². The van der Waals surface area contributed by atoms with Crippen LogP contribution in [0.1, 0.15) is 22.7 Å². The number of benzene rings is 3. The van der Waals surface area contributed by atoms with Crippen LogP contribution in [0.15, 0.2) is 78.4 Å². The zero-order valence-corrected chi connectivity index (χ0v) is 18.8. The Balaban J connectivity index is 1.77. The van der Waals surface area contributed by atoms with Gasteiger partial charge in [-0.1, -0.05) is 65.9 Å². The van der Waals surface area contributed by atoms with Crippen LogP contribution in [0.4, 0.5) is 5.13 Å². The van der Waals surface area contributed by atoms with Gasteiger partial charge in [0.25, 0.3) is 5.78 Å². The molecule has 5 rings (SSSR count). The monoisotopic (exact) mass is 456 g/mol. The minimum Gasteiger partial charge on any atom is -0.507 e. The zero-order valence-electron chi connectivity index (χ0n) is 18.0. The van der Waals surface area contributed by atoms with E-state index in [2.05, 4.69) is 4.98 Å². The standard InChI is InChI=1S/C26H20N2O4S/c1-15-12-13-18-20(14-15)33-26(27-18)28-22(17-10-6-7-11-19(17)32-2)21(24(30)25(28)31)23(29)16-8-4-3-5-9-16/h3-14,22,29H,1-2H3/b23-21+. The van der Waals surface area contributed by atoms with Crippen molar-refractivity contribution < 1.29 is 19.4 Å². The number of hydrogen-bond acceptors (Lipinski definition) is 6. The van der Waals surface area contributed by atoms with Crippen LogP contribution in [0.2, 0.25) is 0 Å². The Labute approximate surface area is 194 Å². The molecule has 1 fully saturated rings. The molecular formula is C26H20N2O4S. The van der Waals surface area contributed by atoms with E-state index in [0.717, 1.165) is 15.8 Å². The first-order valence-corrected chi connectivity index (χ1v) is 11.2. The second-order valence-corrected chi connectivity index (χ2v) is 8.75. The minimum atomic E-state index is -0.886. The van der Waals surface area contributed by atoms with Gasteiger partial charge in [0, 0.05) is 11.1 Å². The van der Waals surface area contributed by atoms with E-state index in [9.17, 15) is 14.7 Å². The molecule has 4 aromatic rings. The molecule has 1 amide bonds. The summed E-state index contributed by atoms with van der Waals surface area (Å²) in [4.78, 5) is 32.6. The van der Waals surface area contributed by atoms with Gasteiger partial charge in [-0.15, -0.1) is 0 Å². The van der Waals surface area contributed by atoms with Crippen LogP contribution in [0, 0.1) is 6.92 Å². The number of thiazole rings is 1. The predicted octanol–water partition coefficient (Wildman–Crippen LogP) is 5.24. The molecule has 1 N–H and O–H groups in total. The van der Waals surface area contributed by atoms with Crippen molar-refractivity contribution in [1.29, 1.82) is 0 Å². The van der Waals surface area contributed by atoms with E-state index in [1.165, 1.54) is 23.3 Å². The van der Waals surface area contributed by atoms with E-state index in [4.69, 9.17) is 4.74 Å². The summed E-state index contributed by atoms with van der Waals surface area (Å²) in [5.41, 5.74) is 2.86. The van der Waals surface area contributed by atoms with Crippen LogP contribution < -0.4 is 9.64 Å². The first-order valence-electron chi connectivity index (χ1n) is 10.4. The minimum absolute atomic E-state index is 0.00568. The number of methoxy groups -OCH3 is 1. The number of para-hydroxylation sites is 1. The van der Waals surface area contributed by atoms with E-state index in [-0.39, 0.29) is 11.3 Å². The Morgan fingerprint density at radius 2 is 1.76 bits per heavy atom. The largest absolute Gasteiger partial charge is 0.507 e. The maximum atomic E-state index is 13.3. The first-order chi connectivity index (χ1) is 16.0. The molecular weight excluding hydrogens is 436 g/mol. The summed E-state index contributed by atoms with van der Waals surface area (Å²) in [6.07, 6.45) is 0. The quantitative estimate of drug-likeness (QED) is 0.258. The van der Waals surface area contributed by atoms with Gasteiger partial charge in [0.15, 0.2) is 5.13 Å². The van der Waals surface area contributed by atoms with Gasteiger partial charge in [0.2, 0.25) is 0 Å². The van der Waals surface area contributed by atoms with Crippen molar-refractivity contribution in [3.63, 3.8) is 0 Å². The number of carbonyl (C=O) groups excluding carboxylic acids is 2. The lowest BCUT2D eigenvalue weighted by Gasteiger charge is -2.24. The molecule has 1 aromatic heterocycles. The van der Waals surface area contributed by atoms with E-state index < -0.39 is 17.7 Å². The third-order valence-corrected chi connectivity index (χ3v) is 6.68. The SMILES string of the molecule is COc1ccccc1C1/C(=C(\O)c2ccccc2)C(=O)C(=O)N1c1nc2ccc(C)cc2s1. The molecule has 1 saturated heterocycles. The lowest BCUT2D eigenvalue weighted by molar-refractivity contribution is -0.132. The number of hydrogen-bond donors (Lipinski definition) is 1. The molecule has 0 spiro atoms. The zero-order chi connectivity index (χ0) is 23.1. The Morgan fingerprint density at radius 3 is 2.52 bits per heavy atom. The number of nitrogens with zero attached hydrogens (tertiary/aromatic N) is 2. The van der Waals surface area contributed by atoms with Crippen LogP contribution in [-0.4, -0.2) is 28.9 Å². The first kappa shape index (κ1) is 20.9. The Morgan fingerprint density at radius 1 is 1.03 bits per heavy atom. The van der Waals surface area contributed by atoms with Crippen LogP contribution in [-0.2, 0) is 9.59 Å². The van der Waals surface area contributed by atoms with Gasteiger partial charge in [-0.3, -0.25) is 14.5 Å². The number of aromatic nitrogens is 1. The molecule has 0 aliphatic carbocycles. The lowest BCUT2D eigenvalue weighted by Crippen LogP contribution is -2.29. The topological polar surface area (TPSA) is 79.7 Å². The molecule has 164 valence electrons. The molecule has 0 saturated carbocycles. The number of aryl methyl sites for hydroxylation is 1. The van der Waals surface area contributed by atoms with Gasteiger partial charge in [-0.2, -0.15) is 0 Å². The van der Waals surface area contributed by atoms with Crippen LogP contribution in [0.25, 0.3) is 16.0 Å². The fourth-order valence-electron chi connectivity index (χ4n) is 4.09. The number of aliphatic hydroxyl groups is 1. The van der Waals surface area contributed by atoms with E-state index in [1.807, 2.05) is 43.3 Å². The molecule has 33 heavy (non-hydrogen) atoms. The van der Waals surface area contributed by atoms with Gasteiger partial charge >= 0.3 is 5.91 Å². The summed E-state index contributed by atoms with van der Waals surface area (Å²) in [5.74, 6) is -1.23. The predicted molar refractivity (Wildman–Crippen MR) is 129 cm³/mol. The summed E-state index contributed by atoms with van der Waals surface area (Å²) in [6.45, 7) is 1.99. The number of aliphatic hydroxyl groups excluding tert-OH is 1. The highest BCUT2D eigenvalue weighted by molar-refractivity contribution is 7.22. The molecule has 6 nitrogen and oxygen atoms in total. The number of ether oxygens (including phenoxy) is 1. The second-order valence-electron chi connectivity index (χ2n) is 7.74. The molecule has 1 aliphatic rings. The smallest absolute Gasteiger partial charge is 0.301 e. The number of amides is 1. The summed E-state index contributed by atoms with van der Waals surface area (Å²) in [5, 5.41) is 11.6. The van der Waals surface area contributed by atoms with Crippen molar-refractivity contribution in [3.8, 4) is 5.75 Å². The number of fused-ring (bicyclic) bond motifs is 1. The van der Waals surface area contributed by atoms with Crippen molar-refractivity contribution in [3.05, 3.63) is 95.1 Å².